The number of pyridine rings is 1. The van der Waals surface area contributed by atoms with E-state index >= 15 is 0 Å². The molecule has 278 valence electrons. The largest absolute Gasteiger partial charge is 0.444 e. The first kappa shape index (κ1) is 35.7. The van der Waals surface area contributed by atoms with Crippen molar-refractivity contribution in [3.63, 3.8) is 0 Å². The standard InChI is InChI=1S/C36H56N10O4Si/c1-35(2,3)50-34(47)41-27-22-45(23-27)28-7-10-37-29(19-28)40-26-20-36(21-26)8-11-44(12-9-36)33-42-30-31(43-13-15-48-16-14-43)38-24-39-32(30)46(33)25-49-17-18-51(4,5)6/h7,10,19,24,26-27H,8-9,11-18,20-23,25H2,1-6H3,(H,37,40)(H,41,47). The molecule has 4 aliphatic rings. The van der Waals surface area contributed by atoms with Crippen LogP contribution in [0.3, 0.4) is 0 Å². The van der Waals surface area contributed by atoms with Gasteiger partial charge in [-0.15, -0.1) is 0 Å². The molecule has 0 aromatic carbocycles. The van der Waals surface area contributed by atoms with E-state index in [9.17, 15) is 4.79 Å². The van der Waals surface area contributed by atoms with Gasteiger partial charge in [-0.1, -0.05) is 19.6 Å². The van der Waals surface area contributed by atoms with E-state index in [1.54, 1.807) is 6.33 Å². The molecule has 0 bridgehead atoms. The average Bonchev–Trinajstić information content (AvgIpc) is 3.42. The number of nitrogens with zero attached hydrogens (tertiary/aromatic N) is 8. The summed E-state index contributed by atoms with van der Waals surface area (Å²) in [6, 6.07) is 5.78. The van der Waals surface area contributed by atoms with E-state index in [-0.39, 0.29) is 12.1 Å². The summed E-state index contributed by atoms with van der Waals surface area (Å²) < 4.78 is 19.5. The second-order valence-electron chi connectivity index (χ2n) is 17.0. The third-order valence-corrected chi connectivity index (χ3v) is 12.3. The molecule has 1 saturated carbocycles. The van der Waals surface area contributed by atoms with Gasteiger partial charge in [-0.05, 0) is 64.0 Å². The van der Waals surface area contributed by atoms with Crippen LogP contribution in [0.4, 0.5) is 28.1 Å². The van der Waals surface area contributed by atoms with Crippen LogP contribution in [0, 0.1) is 5.41 Å². The lowest BCUT2D eigenvalue weighted by Crippen LogP contribution is -2.60. The number of aromatic nitrogens is 5. The molecule has 51 heavy (non-hydrogen) atoms. The van der Waals surface area contributed by atoms with Crippen LogP contribution in [-0.2, 0) is 20.9 Å². The Labute approximate surface area is 302 Å². The lowest BCUT2D eigenvalue weighted by atomic mass is 9.60. The summed E-state index contributed by atoms with van der Waals surface area (Å²) in [6.45, 7) is 20.4. The zero-order valence-electron chi connectivity index (χ0n) is 31.3. The molecule has 14 nitrogen and oxygen atoms in total. The number of fused-ring (bicyclic) bond motifs is 1. The van der Waals surface area contributed by atoms with E-state index < -0.39 is 13.7 Å². The third-order valence-electron chi connectivity index (χ3n) is 10.5. The molecule has 3 saturated heterocycles. The monoisotopic (exact) mass is 720 g/mol. The smallest absolute Gasteiger partial charge is 0.407 e. The van der Waals surface area contributed by atoms with Crippen molar-refractivity contribution in [3.05, 3.63) is 24.7 Å². The summed E-state index contributed by atoms with van der Waals surface area (Å²) in [6.07, 6.45) is 7.71. The van der Waals surface area contributed by atoms with Crippen LogP contribution in [0.2, 0.25) is 25.7 Å². The number of carbonyl (C=O) groups excluding carboxylic acids is 1. The molecule has 3 aliphatic heterocycles. The predicted molar refractivity (Wildman–Crippen MR) is 203 cm³/mol. The van der Waals surface area contributed by atoms with Crippen molar-refractivity contribution >= 4 is 48.6 Å². The summed E-state index contributed by atoms with van der Waals surface area (Å²) >= 11 is 0. The average molecular weight is 721 g/mol. The Hall–Kier alpha value is -3.69. The number of hydrogen-bond acceptors (Lipinski definition) is 12. The van der Waals surface area contributed by atoms with Gasteiger partial charge in [-0.2, -0.15) is 0 Å². The summed E-state index contributed by atoms with van der Waals surface area (Å²) in [5, 5.41) is 6.68. The number of morpholine rings is 1. The van der Waals surface area contributed by atoms with Crippen molar-refractivity contribution in [2.75, 3.05) is 79.1 Å². The molecule has 15 heteroatoms. The first-order chi connectivity index (χ1) is 24.3. The SMILES string of the molecule is CC(C)(C)OC(=O)NC1CN(c2ccnc(NC3CC4(CCN(c5nc6c(N7CCOCC7)ncnc6n5COCC[Si](C)(C)C)CC4)C3)c2)C1. The number of imidazole rings is 1. The summed E-state index contributed by atoms with van der Waals surface area (Å²) in [7, 11) is -1.21. The molecule has 0 atom stereocenters. The van der Waals surface area contributed by atoms with Gasteiger partial charge in [0.05, 0.1) is 19.3 Å². The molecule has 6 heterocycles. The summed E-state index contributed by atoms with van der Waals surface area (Å²) in [5.74, 6) is 2.73. The van der Waals surface area contributed by atoms with Crippen molar-refractivity contribution < 1.29 is 19.0 Å². The van der Waals surface area contributed by atoms with E-state index in [1.807, 2.05) is 33.0 Å². The highest BCUT2D eigenvalue weighted by molar-refractivity contribution is 6.76. The van der Waals surface area contributed by atoms with E-state index in [0.717, 1.165) is 112 Å². The van der Waals surface area contributed by atoms with Gasteiger partial charge in [0, 0.05) is 77.9 Å². The summed E-state index contributed by atoms with van der Waals surface area (Å²) in [4.78, 5) is 38.4. The maximum absolute atomic E-state index is 12.1. The number of nitrogens with one attached hydrogen (secondary N) is 2. The Morgan fingerprint density at radius 3 is 2.45 bits per heavy atom. The van der Waals surface area contributed by atoms with Gasteiger partial charge >= 0.3 is 6.09 Å². The fourth-order valence-corrected chi connectivity index (χ4v) is 8.41. The van der Waals surface area contributed by atoms with Gasteiger partial charge in [0.1, 0.15) is 24.5 Å². The van der Waals surface area contributed by atoms with Gasteiger partial charge in [0.15, 0.2) is 17.0 Å². The molecule has 1 amide bonds. The normalized spacial score (nSPS) is 20.0. The maximum atomic E-state index is 12.1. The molecule has 7 rings (SSSR count). The van der Waals surface area contributed by atoms with E-state index in [4.69, 9.17) is 24.2 Å². The number of ether oxygens (including phenoxy) is 3. The fraction of sp³-hybridized carbons (Fsp3) is 0.694. The van der Waals surface area contributed by atoms with Crippen molar-refractivity contribution in [2.45, 2.75) is 96.6 Å². The Balaban J connectivity index is 0.949. The molecular formula is C36H56N10O4Si. The molecule has 3 aromatic heterocycles. The quantitative estimate of drug-likeness (QED) is 0.205. The third kappa shape index (κ3) is 8.52. The van der Waals surface area contributed by atoms with Crippen molar-refractivity contribution in [1.29, 1.82) is 0 Å². The highest BCUT2D eigenvalue weighted by Gasteiger charge is 2.46. The minimum atomic E-state index is -1.21. The van der Waals surface area contributed by atoms with E-state index in [0.29, 0.717) is 31.4 Å². The highest BCUT2D eigenvalue weighted by atomic mass is 28.3. The molecule has 1 spiro atoms. The van der Waals surface area contributed by atoms with Crippen LogP contribution in [0.15, 0.2) is 24.7 Å². The maximum Gasteiger partial charge on any atom is 0.407 e. The van der Waals surface area contributed by atoms with Crippen molar-refractivity contribution in [3.8, 4) is 0 Å². The number of anilines is 4. The van der Waals surface area contributed by atoms with Gasteiger partial charge in [-0.3, -0.25) is 4.57 Å². The number of alkyl carbamates (subject to hydrolysis) is 1. The molecule has 1 aliphatic carbocycles. The molecule has 0 unspecified atom stereocenters. The minimum Gasteiger partial charge on any atom is -0.444 e. The zero-order chi connectivity index (χ0) is 35.8. The van der Waals surface area contributed by atoms with E-state index in [1.165, 1.54) is 0 Å². The van der Waals surface area contributed by atoms with E-state index in [2.05, 4.69) is 65.6 Å². The molecule has 3 aromatic rings. The number of carbonyl (C=O) groups is 1. The van der Waals surface area contributed by atoms with Crippen molar-refractivity contribution in [1.82, 2.24) is 29.8 Å². The Bertz CT molecular complexity index is 1660. The highest BCUT2D eigenvalue weighted by Crippen LogP contribution is 2.50. The second kappa shape index (κ2) is 14.4. The molecular weight excluding hydrogens is 665 g/mol. The lowest BCUT2D eigenvalue weighted by molar-refractivity contribution is 0.0496. The van der Waals surface area contributed by atoms with Crippen LogP contribution in [-0.4, -0.2) is 115 Å². The van der Waals surface area contributed by atoms with Crippen LogP contribution < -0.4 is 25.3 Å². The van der Waals surface area contributed by atoms with Crippen molar-refractivity contribution in [2.24, 2.45) is 5.41 Å². The Morgan fingerprint density at radius 1 is 1.00 bits per heavy atom. The topological polar surface area (TPSA) is 135 Å². The van der Waals surface area contributed by atoms with Crippen LogP contribution in [0.25, 0.3) is 11.2 Å². The van der Waals surface area contributed by atoms with Crippen LogP contribution in [0.1, 0.15) is 46.5 Å². The molecule has 0 radical (unpaired) electrons. The number of piperidine rings is 1. The summed E-state index contributed by atoms with van der Waals surface area (Å²) in [5.41, 5.74) is 2.64. The lowest BCUT2D eigenvalue weighted by Gasteiger charge is -2.52. The molecule has 4 fully saturated rings. The number of rotatable bonds is 11. The van der Waals surface area contributed by atoms with Crippen LogP contribution in [0.5, 0.6) is 0 Å². The van der Waals surface area contributed by atoms with Gasteiger partial charge in [0.25, 0.3) is 0 Å². The number of amides is 1. The Kier molecular flexibility index (Phi) is 10.1. The molecule has 2 N–H and O–H groups in total. The van der Waals surface area contributed by atoms with Gasteiger partial charge < -0.3 is 39.5 Å². The fourth-order valence-electron chi connectivity index (χ4n) is 7.65. The van der Waals surface area contributed by atoms with Crippen LogP contribution >= 0.6 is 0 Å². The first-order valence-electron chi connectivity index (χ1n) is 18.7. The number of hydrogen-bond donors (Lipinski definition) is 2. The second-order valence-corrected chi connectivity index (χ2v) is 22.7. The predicted octanol–water partition coefficient (Wildman–Crippen LogP) is 4.94. The minimum absolute atomic E-state index is 0.0838. The zero-order valence-corrected chi connectivity index (χ0v) is 32.3. The first-order valence-corrected chi connectivity index (χ1v) is 22.4. The van der Waals surface area contributed by atoms with Gasteiger partial charge in [0.2, 0.25) is 5.95 Å². The van der Waals surface area contributed by atoms with Gasteiger partial charge in [-0.25, -0.2) is 24.7 Å². The Morgan fingerprint density at radius 2 is 1.75 bits per heavy atom.